The fourth-order valence-electron chi connectivity index (χ4n) is 1.15. The maximum atomic E-state index is 5.85. The first kappa shape index (κ1) is 10.9. The quantitative estimate of drug-likeness (QED) is 0.850. The molecule has 0 aliphatic carbocycles. The summed E-state index contributed by atoms with van der Waals surface area (Å²) in [5.41, 5.74) is 7.67. The van der Waals surface area contributed by atoms with Gasteiger partial charge in [0.25, 0.3) is 0 Å². The van der Waals surface area contributed by atoms with E-state index in [1.165, 1.54) is 5.56 Å². The summed E-state index contributed by atoms with van der Waals surface area (Å²) in [6, 6.07) is 1.89. The Labute approximate surface area is 94.7 Å². The predicted molar refractivity (Wildman–Crippen MR) is 62.2 cm³/mol. The zero-order valence-electron chi connectivity index (χ0n) is 7.53. The fourth-order valence-corrected chi connectivity index (χ4v) is 2.79. The SMILES string of the molecule is CCc1c(Br)cc(OC)c(N)c1Br. The van der Waals surface area contributed by atoms with Crippen LogP contribution in [-0.2, 0) is 6.42 Å². The first-order valence-corrected chi connectivity index (χ1v) is 5.50. The van der Waals surface area contributed by atoms with E-state index >= 15 is 0 Å². The Morgan fingerprint density at radius 3 is 2.54 bits per heavy atom. The van der Waals surface area contributed by atoms with Crippen molar-refractivity contribution in [2.45, 2.75) is 13.3 Å². The van der Waals surface area contributed by atoms with Gasteiger partial charge < -0.3 is 10.5 Å². The minimum absolute atomic E-state index is 0.655. The van der Waals surface area contributed by atoms with Gasteiger partial charge in [-0.25, -0.2) is 0 Å². The van der Waals surface area contributed by atoms with Crippen molar-refractivity contribution < 1.29 is 4.74 Å². The molecule has 2 N–H and O–H groups in total. The van der Waals surface area contributed by atoms with Crippen LogP contribution in [0.5, 0.6) is 5.75 Å². The Kier molecular flexibility index (Phi) is 3.62. The Hall–Kier alpha value is -0.220. The van der Waals surface area contributed by atoms with Crippen molar-refractivity contribution in [2.24, 2.45) is 0 Å². The molecule has 0 unspecified atom stereocenters. The second kappa shape index (κ2) is 4.33. The van der Waals surface area contributed by atoms with Crippen molar-refractivity contribution in [3.05, 3.63) is 20.6 Å². The van der Waals surface area contributed by atoms with Gasteiger partial charge in [0.2, 0.25) is 0 Å². The summed E-state index contributed by atoms with van der Waals surface area (Å²) in [5, 5.41) is 0. The number of halogens is 2. The molecule has 0 aromatic heterocycles. The normalized spacial score (nSPS) is 10.2. The molecule has 0 saturated carbocycles. The van der Waals surface area contributed by atoms with Gasteiger partial charge in [0.15, 0.2) is 0 Å². The predicted octanol–water partition coefficient (Wildman–Crippen LogP) is 3.36. The van der Waals surface area contributed by atoms with Crippen molar-refractivity contribution in [1.29, 1.82) is 0 Å². The van der Waals surface area contributed by atoms with Crippen LogP contribution in [-0.4, -0.2) is 7.11 Å². The molecule has 0 saturated heterocycles. The fraction of sp³-hybridized carbons (Fsp3) is 0.333. The molecule has 4 heteroatoms. The lowest BCUT2D eigenvalue weighted by Crippen LogP contribution is -1.97. The lowest BCUT2D eigenvalue weighted by Gasteiger charge is -2.11. The molecular formula is C9H11Br2NO. The van der Waals surface area contributed by atoms with E-state index in [0.29, 0.717) is 11.4 Å². The molecule has 2 nitrogen and oxygen atoms in total. The summed E-state index contributed by atoms with van der Waals surface area (Å²) in [6.45, 7) is 2.08. The topological polar surface area (TPSA) is 35.2 Å². The van der Waals surface area contributed by atoms with Crippen LogP contribution in [0.15, 0.2) is 15.0 Å². The van der Waals surface area contributed by atoms with Gasteiger partial charge in [-0.2, -0.15) is 0 Å². The molecule has 1 aromatic rings. The van der Waals surface area contributed by atoms with E-state index in [9.17, 15) is 0 Å². The monoisotopic (exact) mass is 307 g/mol. The summed E-state index contributed by atoms with van der Waals surface area (Å²) in [4.78, 5) is 0. The van der Waals surface area contributed by atoms with Crippen molar-refractivity contribution in [1.82, 2.24) is 0 Å². The largest absolute Gasteiger partial charge is 0.495 e. The highest BCUT2D eigenvalue weighted by Crippen LogP contribution is 2.37. The van der Waals surface area contributed by atoms with E-state index < -0.39 is 0 Å². The lowest BCUT2D eigenvalue weighted by atomic mass is 10.1. The van der Waals surface area contributed by atoms with E-state index in [1.54, 1.807) is 7.11 Å². The number of hydrogen-bond acceptors (Lipinski definition) is 2. The molecule has 0 aliphatic rings. The van der Waals surface area contributed by atoms with Gasteiger partial charge in [0, 0.05) is 8.95 Å². The number of nitrogens with two attached hydrogens (primary N) is 1. The second-order valence-corrected chi connectivity index (χ2v) is 4.27. The molecule has 0 fully saturated rings. The van der Waals surface area contributed by atoms with E-state index in [-0.39, 0.29) is 0 Å². The van der Waals surface area contributed by atoms with E-state index in [2.05, 4.69) is 38.8 Å². The highest BCUT2D eigenvalue weighted by molar-refractivity contribution is 9.11. The van der Waals surface area contributed by atoms with Crippen LogP contribution < -0.4 is 10.5 Å². The molecule has 0 radical (unpaired) electrons. The summed E-state index contributed by atoms with van der Waals surface area (Å²) >= 11 is 6.92. The maximum absolute atomic E-state index is 5.85. The van der Waals surface area contributed by atoms with Gasteiger partial charge in [-0.1, -0.05) is 22.9 Å². The third-order valence-electron chi connectivity index (χ3n) is 1.89. The van der Waals surface area contributed by atoms with E-state index in [0.717, 1.165) is 15.4 Å². The van der Waals surface area contributed by atoms with E-state index in [4.69, 9.17) is 10.5 Å². The Morgan fingerprint density at radius 1 is 1.46 bits per heavy atom. The van der Waals surface area contributed by atoms with Crippen LogP contribution in [0, 0.1) is 0 Å². The standard InChI is InChI=1S/C9H11Br2NO/c1-3-5-6(10)4-7(13-2)9(12)8(5)11/h4H,3,12H2,1-2H3. The highest BCUT2D eigenvalue weighted by atomic mass is 79.9. The number of anilines is 1. The third kappa shape index (κ3) is 1.99. The van der Waals surface area contributed by atoms with Crippen LogP contribution in [0.25, 0.3) is 0 Å². The van der Waals surface area contributed by atoms with Gasteiger partial charge in [0.1, 0.15) is 5.75 Å². The van der Waals surface area contributed by atoms with Gasteiger partial charge in [-0.05, 0) is 34.0 Å². The zero-order chi connectivity index (χ0) is 10.0. The molecule has 0 heterocycles. The van der Waals surface area contributed by atoms with Gasteiger partial charge in [-0.15, -0.1) is 0 Å². The van der Waals surface area contributed by atoms with Crippen molar-refractivity contribution in [2.75, 3.05) is 12.8 Å². The molecule has 0 amide bonds. The third-order valence-corrected chi connectivity index (χ3v) is 3.50. The van der Waals surface area contributed by atoms with E-state index in [1.807, 2.05) is 6.07 Å². The van der Waals surface area contributed by atoms with Crippen molar-refractivity contribution in [3.8, 4) is 5.75 Å². The van der Waals surface area contributed by atoms with Gasteiger partial charge in [-0.3, -0.25) is 0 Å². The zero-order valence-corrected chi connectivity index (χ0v) is 10.7. The summed E-state index contributed by atoms with van der Waals surface area (Å²) in [7, 11) is 1.61. The molecule has 1 aromatic carbocycles. The molecule has 0 spiro atoms. The number of rotatable bonds is 2. The smallest absolute Gasteiger partial charge is 0.144 e. The van der Waals surface area contributed by atoms with Crippen molar-refractivity contribution >= 4 is 37.5 Å². The van der Waals surface area contributed by atoms with Crippen LogP contribution >= 0.6 is 31.9 Å². The van der Waals surface area contributed by atoms with Gasteiger partial charge >= 0.3 is 0 Å². The molecule has 0 bridgehead atoms. The van der Waals surface area contributed by atoms with Crippen LogP contribution in [0.3, 0.4) is 0 Å². The van der Waals surface area contributed by atoms with Crippen LogP contribution in [0.4, 0.5) is 5.69 Å². The van der Waals surface area contributed by atoms with Crippen LogP contribution in [0.2, 0.25) is 0 Å². The van der Waals surface area contributed by atoms with Gasteiger partial charge in [0.05, 0.1) is 12.8 Å². The Balaban J connectivity index is 3.37. The molecule has 0 atom stereocenters. The minimum atomic E-state index is 0.655. The molecule has 0 aliphatic heterocycles. The average molecular weight is 309 g/mol. The summed E-state index contributed by atoms with van der Waals surface area (Å²) < 4.78 is 7.06. The summed E-state index contributed by atoms with van der Waals surface area (Å²) in [6.07, 6.45) is 0.926. The molecule has 72 valence electrons. The molecule has 1 rings (SSSR count). The summed E-state index contributed by atoms with van der Waals surface area (Å²) in [5.74, 6) is 0.691. The maximum Gasteiger partial charge on any atom is 0.144 e. The van der Waals surface area contributed by atoms with Crippen LogP contribution in [0.1, 0.15) is 12.5 Å². The number of nitrogen functional groups attached to an aromatic ring is 1. The highest BCUT2D eigenvalue weighted by Gasteiger charge is 2.11. The number of methoxy groups -OCH3 is 1. The average Bonchev–Trinajstić information content (AvgIpc) is 2.12. The molecule has 13 heavy (non-hydrogen) atoms. The number of benzene rings is 1. The Morgan fingerprint density at radius 2 is 2.08 bits per heavy atom. The first-order valence-electron chi connectivity index (χ1n) is 3.92. The number of ether oxygens (including phenoxy) is 1. The minimum Gasteiger partial charge on any atom is -0.495 e. The first-order chi connectivity index (χ1) is 6.11. The Bertz CT molecular complexity index is 326. The second-order valence-electron chi connectivity index (χ2n) is 2.62. The lowest BCUT2D eigenvalue weighted by molar-refractivity contribution is 0.416. The number of hydrogen-bond donors (Lipinski definition) is 1. The molecular weight excluding hydrogens is 298 g/mol. The van der Waals surface area contributed by atoms with Crippen molar-refractivity contribution in [3.63, 3.8) is 0 Å².